The lowest BCUT2D eigenvalue weighted by Crippen LogP contribution is -1.90. The Morgan fingerprint density at radius 2 is 2.27 bits per heavy atom. The minimum atomic E-state index is -0.0171. The van der Waals surface area contributed by atoms with Crippen LogP contribution in [0, 0.1) is 0 Å². The first-order valence-corrected chi connectivity index (χ1v) is 3.76. The van der Waals surface area contributed by atoms with Gasteiger partial charge in [0.1, 0.15) is 5.02 Å². The van der Waals surface area contributed by atoms with Gasteiger partial charge in [0.25, 0.3) is 0 Å². The van der Waals surface area contributed by atoms with Crippen molar-refractivity contribution in [2.45, 2.75) is 6.54 Å². The number of aromatic hydroxyl groups is 1. The molecular weight excluding hydrogens is 185 g/mol. The third kappa shape index (κ3) is 1.52. The highest BCUT2D eigenvalue weighted by atomic mass is 35.5. The van der Waals surface area contributed by atoms with Gasteiger partial charge in [0.2, 0.25) is 5.88 Å². The van der Waals surface area contributed by atoms with Gasteiger partial charge in [-0.15, -0.1) is 6.58 Å². The largest absolute Gasteiger partial charge is 0.493 e. The van der Waals surface area contributed by atoms with Crippen LogP contribution in [0.1, 0.15) is 0 Å². The summed E-state index contributed by atoms with van der Waals surface area (Å²) in [5.74, 6) is -0.0171. The molecule has 1 aromatic heterocycles. The Morgan fingerprint density at radius 1 is 1.64 bits per heavy atom. The highest BCUT2D eigenvalue weighted by molar-refractivity contribution is 6.42. The molecule has 0 unspecified atom stereocenters. The average molecular weight is 192 g/mol. The highest BCUT2D eigenvalue weighted by Gasteiger charge is 2.09. The van der Waals surface area contributed by atoms with Gasteiger partial charge in [0.05, 0.1) is 5.02 Å². The van der Waals surface area contributed by atoms with E-state index in [0.717, 1.165) is 0 Å². The van der Waals surface area contributed by atoms with E-state index >= 15 is 0 Å². The first-order valence-electron chi connectivity index (χ1n) is 3.00. The maximum absolute atomic E-state index is 9.25. The second-order valence-corrected chi connectivity index (χ2v) is 2.84. The zero-order valence-electron chi connectivity index (χ0n) is 5.72. The summed E-state index contributed by atoms with van der Waals surface area (Å²) < 4.78 is 1.51. The zero-order valence-corrected chi connectivity index (χ0v) is 7.23. The van der Waals surface area contributed by atoms with Gasteiger partial charge in [-0.2, -0.15) is 0 Å². The Labute approximate surface area is 74.7 Å². The van der Waals surface area contributed by atoms with Gasteiger partial charge in [-0.1, -0.05) is 29.3 Å². The van der Waals surface area contributed by atoms with Crippen LogP contribution in [0.25, 0.3) is 0 Å². The molecule has 4 heteroatoms. The van der Waals surface area contributed by atoms with Gasteiger partial charge >= 0.3 is 0 Å². The highest BCUT2D eigenvalue weighted by Crippen LogP contribution is 2.32. The molecule has 0 saturated carbocycles. The van der Waals surface area contributed by atoms with Crippen LogP contribution >= 0.6 is 23.2 Å². The lowest BCUT2D eigenvalue weighted by molar-refractivity contribution is 0.426. The minimum Gasteiger partial charge on any atom is -0.493 e. The second-order valence-electron chi connectivity index (χ2n) is 2.06. The molecule has 0 aliphatic carbocycles. The van der Waals surface area contributed by atoms with Crippen LogP contribution in [-0.2, 0) is 6.54 Å². The molecule has 60 valence electrons. The number of hydrogen-bond donors (Lipinski definition) is 1. The van der Waals surface area contributed by atoms with E-state index in [4.69, 9.17) is 23.2 Å². The van der Waals surface area contributed by atoms with Gasteiger partial charge in [0.15, 0.2) is 0 Å². The monoisotopic (exact) mass is 191 g/mol. The SMILES string of the molecule is C=CCn1cc(Cl)c(Cl)c1O. The molecule has 11 heavy (non-hydrogen) atoms. The van der Waals surface area contributed by atoms with Crippen LogP contribution in [0.15, 0.2) is 18.9 Å². The minimum absolute atomic E-state index is 0.0171. The van der Waals surface area contributed by atoms with Gasteiger partial charge < -0.3 is 9.67 Å². The van der Waals surface area contributed by atoms with E-state index in [1.165, 1.54) is 4.57 Å². The molecule has 1 N–H and O–H groups in total. The summed E-state index contributed by atoms with van der Waals surface area (Å²) in [6.45, 7) is 4.02. The topological polar surface area (TPSA) is 25.2 Å². The van der Waals surface area contributed by atoms with Crippen LogP contribution in [-0.4, -0.2) is 9.67 Å². The van der Waals surface area contributed by atoms with Crippen molar-refractivity contribution in [3.8, 4) is 5.88 Å². The Morgan fingerprint density at radius 3 is 2.64 bits per heavy atom. The third-order valence-corrected chi connectivity index (χ3v) is 2.03. The van der Waals surface area contributed by atoms with Crippen molar-refractivity contribution in [3.63, 3.8) is 0 Å². The van der Waals surface area contributed by atoms with Gasteiger partial charge in [-0.05, 0) is 0 Å². The quantitative estimate of drug-likeness (QED) is 0.716. The van der Waals surface area contributed by atoms with Gasteiger partial charge in [0, 0.05) is 12.7 Å². The molecule has 1 aromatic rings. The van der Waals surface area contributed by atoms with E-state index in [1.54, 1.807) is 12.3 Å². The molecule has 0 amide bonds. The summed E-state index contributed by atoms with van der Waals surface area (Å²) >= 11 is 11.2. The number of halogens is 2. The predicted molar refractivity (Wildman–Crippen MR) is 46.3 cm³/mol. The summed E-state index contributed by atoms with van der Waals surface area (Å²) in [5, 5.41) is 9.79. The van der Waals surface area contributed by atoms with E-state index < -0.39 is 0 Å². The number of rotatable bonds is 2. The number of nitrogens with zero attached hydrogens (tertiary/aromatic N) is 1. The Bertz CT molecular complexity index is 280. The number of hydrogen-bond acceptors (Lipinski definition) is 1. The van der Waals surface area contributed by atoms with Crippen molar-refractivity contribution >= 4 is 23.2 Å². The molecule has 2 nitrogen and oxygen atoms in total. The molecule has 0 saturated heterocycles. The van der Waals surface area contributed by atoms with Crippen LogP contribution in [0.5, 0.6) is 5.88 Å². The fourth-order valence-corrected chi connectivity index (χ4v) is 1.13. The van der Waals surface area contributed by atoms with Gasteiger partial charge in [-0.3, -0.25) is 0 Å². The first kappa shape index (κ1) is 8.50. The fourth-order valence-electron chi connectivity index (χ4n) is 0.766. The molecule has 0 spiro atoms. The molecule has 0 atom stereocenters. The average Bonchev–Trinajstić information content (AvgIpc) is 2.19. The molecular formula is C7H7Cl2NO. The van der Waals surface area contributed by atoms with E-state index in [1.807, 2.05) is 0 Å². The molecule has 0 fully saturated rings. The van der Waals surface area contributed by atoms with Gasteiger partial charge in [-0.25, -0.2) is 0 Å². The van der Waals surface area contributed by atoms with Crippen molar-refractivity contribution in [1.82, 2.24) is 4.57 Å². The van der Waals surface area contributed by atoms with E-state index in [-0.39, 0.29) is 10.9 Å². The maximum Gasteiger partial charge on any atom is 0.212 e. The fraction of sp³-hybridized carbons (Fsp3) is 0.143. The van der Waals surface area contributed by atoms with Crippen LogP contribution in [0.3, 0.4) is 0 Å². The standard InChI is InChI=1S/C7H7Cl2NO/c1-2-3-10-4-5(8)6(9)7(10)11/h2,4,11H,1,3H2. The summed E-state index contributed by atoms with van der Waals surface area (Å²) in [6.07, 6.45) is 3.20. The second kappa shape index (κ2) is 3.20. The lowest BCUT2D eigenvalue weighted by Gasteiger charge is -1.97. The zero-order chi connectivity index (χ0) is 8.43. The third-order valence-electron chi connectivity index (χ3n) is 1.27. The number of allylic oxidation sites excluding steroid dienone is 1. The van der Waals surface area contributed by atoms with Crippen LogP contribution in [0.4, 0.5) is 0 Å². The van der Waals surface area contributed by atoms with Crippen LogP contribution in [0.2, 0.25) is 10.0 Å². The van der Waals surface area contributed by atoms with Crippen molar-refractivity contribution < 1.29 is 5.11 Å². The molecule has 0 aromatic carbocycles. The van der Waals surface area contributed by atoms with E-state index in [9.17, 15) is 5.11 Å². The van der Waals surface area contributed by atoms with E-state index in [2.05, 4.69) is 6.58 Å². The van der Waals surface area contributed by atoms with Crippen molar-refractivity contribution in [2.24, 2.45) is 0 Å². The number of aromatic nitrogens is 1. The van der Waals surface area contributed by atoms with Crippen molar-refractivity contribution in [2.75, 3.05) is 0 Å². The summed E-state index contributed by atoms with van der Waals surface area (Å²) in [6, 6.07) is 0. The summed E-state index contributed by atoms with van der Waals surface area (Å²) in [7, 11) is 0. The van der Waals surface area contributed by atoms with E-state index in [0.29, 0.717) is 11.6 Å². The Kier molecular flexibility index (Phi) is 2.47. The van der Waals surface area contributed by atoms with Crippen molar-refractivity contribution in [3.05, 3.63) is 28.9 Å². The molecule has 0 aliphatic rings. The summed E-state index contributed by atoms with van der Waals surface area (Å²) in [5.41, 5.74) is 0. The molecule has 0 aliphatic heterocycles. The van der Waals surface area contributed by atoms with Crippen LogP contribution < -0.4 is 0 Å². The predicted octanol–water partition coefficient (Wildman–Crippen LogP) is 2.69. The lowest BCUT2D eigenvalue weighted by atomic mass is 10.6. The first-order chi connectivity index (χ1) is 5.16. The molecule has 1 heterocycles. The summed E-state index contributed by atoms with van der Waals surface area (Å²) in [4.78, 5) is 0. The normalized spacial score (nSPS) is 10.0. The smallest absolute Gasteiger partial charge is 0.212 e. The Balaban J connectivity index is 3.07. The molecule has 0 radical (unpaired) electrons. The maximum atomic E-state index is 9.25. The molecule has 0 bridgehead atoms. The Hall–Kier alpha value is -0.600. The molecule has 1 rings (SSSR count). The van der Waals surface area contributed by atoms with Crippen molar-refractivity contribution in [1.29, 1.82) is 0 Å².